The summed E-state index contributed by atoms with van der Waals surface area (Å²) in [6.07, 6.45) is -0.317. The summed E-state index contributed by atoms with van der Waals surface area (Å²) in [6.45, 7) is 7.52. The van der Waals surface area contributed by atoms with Crippen molar-refractivity contribution in [2.75, 3.05) is 13.1 Å². The molecule has 2 amide bonds. The molecular weight excluding hydrogens is 356 g/mol. The molecule has 1 aliphatic heterocycles. The number of rotatable bonds is 5. The van der Waals surface area contributed by atoms with Crippen LogP contribution in [0.4, 0.5) is 4.79 Å². The Kier molecular flexibility index (Phi) is 5.96. The van der Waals surface area contributed by atoms with Crippen LogP contribution >= 0.6 is 11.6 Å². The Hall–Kier alpha value is -2.08. The minimum Gasteiger partial charge on any atom is -0.465 e. The number of nitrogens with zero attached hydrogens (tertiary/aromatic N) is 2. The third-order valence-electron chi connectivity index (χ3n) is 4.77. The van der Waals surface area contributed by atoms with Crippen molar-refractivity contribution in [2.24, 2.45) is 0 Å². The fraction of sp³-hybridized carbons (Fsp3) is 0.526. The fourth-order valence-corrected chi connectivity index (χ4v) is 3.44. The molecule has 0 spiro atoms. The number of carbonyl (C=O) groups is 3. The molecule has 2 rings (SSSR count). The number of hydrogen-bond donors (Lipinski definition) is 1. The minimum atomic E-state index is -1.04. The van der Waals surface area contributed by atoms with Crippen molar-refractivity contribution >= 4 is 29.4 Å². The van der Waals surface area contributed by atoms with Gasteiger partial charge in [-0.05, 0) is 45.7 Å². The lowest BCUT2D eigenvalue weighted by Gasteiger charge is -2.35. The van der Waals surface area contributed by atoms with Gasteiger partial charge < -0.3 is 14.9 Å². The lowest BCUT2D eigenvalue weighted by Crippen LogP contribution is -2.50. The number of amides is 2. The second kappa shape index (κ2) is 7.66. The normalized spacial score (nSPS) is 17.5. The van der Waals surface area contributed by atoms with Gasteiger partial charge >= 0.3 is 6.09 Å². The molecule has 0 radical (unpaired) electrons. The van der Waals surface area contributed by atoms with Gasteiger partial charge in [0.25, 0.3) is 0 Å². The van der Waals surface area contributed by atoms with E-state index in [-0.39, 0.29) is 24.8 Å². The summed E-state index contributed by atoms with van der Waals surface area (Å²) in [6, 6.07) is 4.58. The molecule has 1 saturated heterocycles. The predicted octanol–water partition coefficient (Wildman–Crippen LogP) is 3.60. The third kappa shape index (κ3) is 4.18. The fourth-order valence-electron chi connectivity index (χ4n) is 3.27. The molecule has 6 nitrogen and oxygen atoms in total. The first-order valence-electron chi connectivity index (χ1n) is 8.63. The molecule has 1 aromatic rings. The number of carboxylic acid groups (broad SMARTS) is 1. The Balaban J connectivity index is 2.19. The van der Waals surface area contributed by atoms with Crippen LogP contribution in [0.1, 0.15) is 49.5 Å². The monoisotopic (exact) mass is 380 g/mol. The lowest BCUT2D eigenvalue weighted by molar-refractivity contribution is -0.128. The summed E-state index contributed by atoms with van der Waals surface area (Å²) >= 11 is 6.11. The molecule has 0 aliphatic carbocycles. The maximum atomic E-state index is 13.0. The third-order valence-corrected chi connectivity index (χ3v) is 5.18. The Morgan fingerprint density at radius 2 is 2.00 bits per heavy atom. The van der Waals surface area contributed by atoms with Gasteiger partial charge in [-0.3, -0.25) is 9.59 Å². The molecule has 142 valence electrons. The summed E-state index contributed by atoms with van der Waals surface area (Å²) in [4.78, 5) is 39.5. The van der Waals surface area contributed by atoms with Crippen molar-refractivity contribution in [1.82, 2.24) is 9.80 Å². The summed E-state index contributed by atoms with van der Waals surface area (Å²) in [5, 5.41) is 9.92. The minimum absolute atomic E-state index is 0.123. The van der Waals surface area contributed by atoms with Crippen LogP contribution in [0.3, 0.4) is 0 Å². The highest BCUT2D eigenvalue weighted by molar-refractivity contribution is 6.32. The van der Waals surface area contributed by atoms with E-state index in [9.17, 15) is 19.5 Å². The lowest BCUT2D eigenvalue weighted by atomic mass is 9.98. The highest BCUT2D eigenvalue weighted by Crippen LogP contribution is 2.26. The van der Waals surface area contributed by atoms with Gasteiger partial charge in [0, 0.05) is 35.6 Å². The zero-order chi connectivity index (χ0) is 19.6. The quantitative estimate of drug-likeness (QED) is 0.791. The average Bonchev–Trinajstić information content (AvgIpc) is 2.89. The molecule has 0 aromatic heterocycles. The van der Waals surface area contributed by atoms with E-state index in [4.69, 9.17) is 11.6 Å². The first-order chi connectivity index (χ1) is 12.0. The number of ketones is 1. The molecule has 1 heterocycles. The molecule has 0 bridgehead atoms. The van der Waals surface area contributed by atoms with Crippen molar-refractivity contribution in [3.05, 3.63) is 34.3 Å². The zero-order valence-corrected chi connectivity index (χ0v) is 16.3. The molecule has 1 aliphatic rings. The van der Waals surface area contributed by atoms with Gasteiger partial charge in [-0.1, -0.05) is 23.7 Å². The van der Waals surface area contributed by atoms with Crippen molar-refractivity contribution in [1.29, 1.82) is 0 Å². The van der Waals surface area contributed by atoms with Crippen molar-refractivity contribution in [3.8, 4) is 0 Å². The summed E-state index contributed by atoms with van der Waals surface area (Å²) in [7, 11) is 0. The SMILES string of the molecule is Cc1c(Cl)cccc1C(=O)[C@@H]1CCC(=O)N1CCN(C(=O)O)C(C)(C)C. The van der Waals surface area contributed by atoms with Crippen LogP contribution in [0.25, 0.3) is 0 Å². The first-order valence-corrected chi connectivity index (χ1v) is 9.01. The Labute approximate surface area is 158 Å². The van der Waals surface area contributed by atoms with E-state index in [2.05, 4.69) is 0 Å². The van der Waals surface area contributed by atoms with Crippen LogP contribution in [-0.4, -0.2) is 57.4 Å². The van der Waals surface area contributed by atoms with Crippen molar-refractivity contribution in [3.63, 3.8) is 0 Å². The van der Waals surface area contributed by atoms with Gasteiger partial charge in [-0.15, -0.1) is 0 Å². The molecule has 1 aromatic carbocycles. The predicted molar refractivity (Wildman–Crippen MR) is 99.7 cm³/mol. The second-order valence-electron chi connectivity index (χ2n) is 7.52. The standard InChI is InChI=1S/C19H25ClN2O4/c1-12-13(6-5-7-14(12)20)17(24)15-8-9-16(23)21(15)10-11-22(18(25)26)19(2,3)4/h5-7,15H,8-11H2,1-4H3,(H,25,26)/t15-/m0/s1. The van der Waals surface area contributed by atoms with Gasteiger partial charge in [-0.25, -0.2) is 4.79 Å². The van der Waals surface area contributed by atoms with Crippen LogP contribution in [0.15, 0.2) is 18.2 Å². The maximum absolute atomic E-state index is 13.0. The second-order valence-corrected chi connectivity index (χ2v) is 7.93. The van der Waals surface area contributed by atoms with Crippen molar-refractivity contribution in [2.45, 2.75) is 52.1 Å². The highest BCUT2D eigenvalue weighted by Gasteiger charge is 2.38. The Morgan fingerprint density at radius 3 is 2.58 bits per heavy atom. The van der Waals surface area contributed by atoms with E-state index in [0.717, 1.165) is 0 Å². The number of halogens is 1. The van der Waals surface area contributed by atoms with Crippen molar-refractivity contribution < 1.29 is 19.5 Å². The molecule has 0 unspecified atom stereocenters. The van der Waals surface area contributed by atoms with Gasteiger partial charge in [0.05, 0.1) is 6.04 Å². The topological polar surface area (TPSA) is 77.9 Å². The largest absolute Gasteiger partial charge is 0.465 e. The summed E-state index contributed by atoms with van der Waals surface area (Å²) in [5.41, 5.74) is 0.617. The molecule has 1 atom stereocenters. The van der Waals surface area contributed by atoms with Gasteiger partial charge in [0.2, 0.25) is 5.91 Å². The maximum Gasteiger partial charge on any atom is 0.407 e. The van der Waals surface area contributed by atoms with Crippen LogP contribution < -0.4 is 0 Å². The summed E-state index contributed by atoms with van der Waals surface area (Å²) in [5.74, 6) is -0.268. The van der Waals surface area contributed by atoms with Gasteiger partial charge in [0.1, 0.15) is 0 Å². The average molecular weight is 381 g/mol. The Bertz CT molecular complexity index is 727. The number of likely N-dealkylation sites (tertiary alicyclic amines) is 1. The van der Waals surface area contributed by atoms with E-state index in [1.807, 2.05) is 0 Å². The van der Waals surface area contributed by atoms with E-state index in [1.54, 1.807) is 45.9 Å². The molecule has 7 heteroatoms. The highest BCUT2D eigenvalue weighted by atomic mass is 35.5. The van der Waals surface area contributed by atoms with Gasteiger partial charge in [0.15, 0.2) is 5.78 Å². The Morgan fingerprint density at radius 1 is 1.35 bits per heavy atom. The van der Waals surface area contributed by atoms with Crippen LogP contribution in [0.2, 0.25) is 5.02 Å². The van der Waals surface area contributed by atoms with E-state index in [0.29, 0.717) is 29.0 Å². The zero-order valence-electron chi connectivity index (χ0n) is 15.6. The molecule has 26 heavy (non-hydrogen) atoms. The number of hydrogen-bond acceptors (Lipinski definition) is 3. The number of benzene rings is 1. The van der Waals surface area contributed by atoms with E-state index < -0.39 is 17.7 Å². The molecule has 1 fully saturated rings. The van der Waals surface area contributed by atoms with Crippen LogP contribution in [-0.2, 0) is 4.79 Å². The molecule has 0 saturated carbocycles. The number of Topliss-reactive ketones (excluding diaryl/α,β-unsaturated/α-hetero) is 1. The molecular formula is C19H25ClN2O4. The molecule has 1 N–H and O–H groups in total. The van der Waals surface area contributed by atoms with Gasteiger partial charge in [-0.2, -0.15) is 0 Å². The van der Waals surface area contributed by atoms with E-state index >= 15 is 0 Å². The van der Waals surface area contributed by atoms with Crippen LogP contribution in [0.5, 0.6) is 0 Å². The number of carbonyl (C=O) groups excluding carboxylic acids is 2. The first kappa shape index (κ1) is 20.2. The van der Waals surface area contributed by atoms with E-state index in [1.165, 1.54) is 9.80 Å². The van der Waals surface area contributed by atoms with Crippen LogP contribution in [0, 0.1) is 6.92 Å². The summed E-state index contributed by atoms with van der Waals surface area (Å²) < 4.78 is 0. The smallest absolute Gasteiger partial charge is 0.407 e.